The Balaban J connectivity index is 1.60. The molecule has 0 saturated heterocycles. The van der Waals surface area contributed by atoms with Crippen LogP contribution in [0.1, 0.15) is 65.7 Å². The second-order valence-corrected chi connectivity index (χ2v) is 8.75. The number of nitrogens with zero attached hydrogens (tertiary/aromatic N) is 1. The molecular formula is C25H29ClN2O. The van der Waals surface area contributed by atoms with Crippen molar-refractivity contribution < 1.29 is 4.79 Å². The van der Waals surface area contributed by atoms with Gasteiger partial charge in [0.2, 0.25) is 0 Å². The summed E-state index contributed by atoms with van der Waals surface area (Å²) in [5.74, 6) is 0.0568. The van der Waals surface area contributed by atoms with Gasteiger partial charge in [0.15, 0.2) is 0 Å². The number of aryl methyl sites for hydroxylation is 1. The van der Waals surface area contributed by atoms with E-state index in [1.807, 2.05) is 18.2 Å². The molecule has 1 aliphatic carbocycles. The number of rotatable bonds is 4. The molecule has 1 saturated carbocycles. The summed E-state index contributed by atoms with van der Waals surface area (Å²) in [5.41, 5.74) is 5.60. The summed E-state index contributed by atoms with van der Waals surface area (Å²) in [6.07, 6.45) is 7.22. The Morgan fingerprint density at radius 3 is 2.41 bits per heavy atom. The molecular weight excluding hydrogens is 380 g/mol. The average molecular weight is 409 g/mol. The Labute approximate surface area is 178 Å². The highest BCUT2D eigenvalue weighted by molar-refractivity contribution is 6.30. The molecule has 0 bridgehead atoms. The molecule has 4 heteroatoms. The Morgan fingerprint density at radius 2 is 1.72 bits per heavy atom. The number of amides is 1. The van der Waals surface area contributed by atoms with Crippen LogP contribution in [0.2, 0.25) is 5.02 Å². The van der Waals surface area contributed by atoms with Crippen molar-refractivity contribution in [2.75, 3.05) is 0 Å². The zero-order valence-electron chi connectivity index (χ0n) is 17.3. The Morgan fingerprint density at radius 1 is 1.03 bits per heavy atom. The first-order valence-corrected chi connectivity index (χ1v) is 11.1. The molecule has 152 valence electrons. The van der Waals surface area contributed by atoms with Gasteiger partial charge in [-0.25, -0.2) is 0 Å². The summed E-state index contributed by atoms with van der Waals surface area (Å²) in [6, 6.07) is 14.4. The molecule has 3 aromatic rings. The van der Waals surface area contributed by atoms with Crippen LogP contribution in [0.4, 0.5) is 0 Å². The van der Waals surface area contributed by atoms with Crippen LogP contribution in [0.25, 0.3) is 10.9 Å². The quantitative estimate of drug-likeness (QED) is 0.497. The van der Waals surface area contributed by atoms with Gasteiger partial charge in [0.05, 0.1) is 0 Å². The van der Waals surface area contributed by atoms with E-state index in [0.717, 1.165) is 35.4 Å². The van der Waals surface area contributed by atoms with E-state index < -0.39 is 0 Å². The summed E-state index contributed by atoms with van der Waals surface area (Å²) >= 11 is 6.03. The van der Waals surface area contributed by atoms with Crippen molar-refractivity contribution in [3.05, 3.63) is 69.9 Å². The van der Waals surface area contributed by atoms with Crippen molar-refractivity contribution in [1.82, 2.24) is 9.88 Å². The van der Waals surface area contributed by atoms with E-state index in [1.54, 1.807) is 0 Å². The van der Waals surface area contributed by atoms with Crippen LogP contribution in [0.3, 0.4) is 0 Å². The first-order chi connectivity index (χ1) is 14.0. The standard InChI is InChI=1S/C25H29ClN2O/c1-17-18(2)28(16-19-9-12-21(26)13-10-19)24-14-11-20(15-23(17)24)25(29)27-22-7-5-3-4-6-8-22/h9-15,22H,3-8,16H2,1-2H3,(H,27,29). The zero-order chi connectivity index (χ0) is 20.4. The number of fused-ring (bicyclic) bond motifs is 1. The lowest BCUT2D eigenvalue weighted by Gasteiger charge is -2.16. The maximum Gasteiger partial charge on any atom is 0.251 e. The predicted molar refractivity (Wildman–Crippen MR) is 121 cm³/mol. The number of benzene rings is 2. The van der Waals surface area contributed by atoms with E-state index in [1.165, 1.54) is 48.0 Å². The lowest BCUT2D eigenvalue weighted by atomic mass is 10.1. The number of halogens is 1. The van der Waals surface area contributed by atoms with Gasteiger partial charge in [-0.05, 0) is 68.1 Å². The molecule has 0 radical (unpaired) electrons. The van der Waals surface area contributed by atoms with E-state index in [2.05, 4.69) is 48.0 Å². The second-order valence-electron chi connectivity index (χ2n) is 8.32. The van der Waals surface area contributed by atoms with Crippen LogP contribution in [0, 0.1) is 13.8 Å². The summed E-state index contributed by atoms with van der Waals surface area (Å²) < 4.78 is 2.32. The first kappa shape index (κ1) is 20.0. The molecule has 0 spiro atoms. The van der Waals surface area contributed by atoms with E-state index >= 15 is 0 Å². The number of hydrogen-bond acceptors (Lipinski definition) is 1. The van der Waals surface area contributed by atoms with Gasteiger partial charge < -0.3 is 9.88 Å². The topological polar surface area (TPSA) is 34.0 Å². The van der Waals surface area contributed by atoms with Crippen molar-refractivity contribution >= 4 is 28.4 Å². The smallest absolute Gasteiger partial charge is 0.251 e. The van der Waals surface area contributed by atoms with Crippen LogP contribution < -0.4 is 5.32 Å². The molecule has 29 heavy (non-hydrogen) atoms. The molecule has 1 amide bonds. The first-order valence-electron chi connectivity index (χ1n) is 10.7. The molecule has 0 unspecified atom stereocenters. The normalized spacial score (nSPS) is 15.4. The van der Waals surface area contributed by atoms with Gasteiger partial charge in [-0.2, -0.15) is 0 Å². The molecule has 0 atom stereocenters. The minimum absolute atomic E-state index is 0.0568. The molecule has 3 nitrogen and oxygen atoms in total. The van der Waals surface area contributed by atoms with Crippen LogP contribution in [0.5, 0.6) is 0 Å². The Hall–Kier alpha value is -2.26. The van der Waals surface area contributed by atoms with Crippen LogP contribution in [0.15, 0.2) is 42.5 Å². The average Bonchev–Trinajstić information content (AvgIpc) is 2.90. The third-order valence-corrected chi connectivity index (χ3v) is 6.60. The molecule has 1 aromatic heterocycles. The molecule has 0 aliphatic heterocycles. The fourth-order valence-corrected chi connectivity index (χ4v) is 4.59. The molecule has 1 heterocycles. The van der Waals surface area contributed by atoms with E-state index in [0.29, 0.717) is 6.04 Å². The van der Waals surface area contributed by atoms with Crippen molar-refractivity contribution in [2.45, 2.75) is 65.0 Å². The number of nitrogens with one attached hydrogen (secondary N) is 1. The summed E-state index contributed by atoms with van der Waals surface area (Å²) in [5, 5.41) is 5.18. The monoisotopic (exact) mass is 408 g/mol. The summed E-state index contributed by atoms with van der Waals surface area (Å²) in [7, 11) is 0. The van der Waals surface area contributed by atoms with E-state index in [4.69, 9.17) is 11.6 Å². The fourth-order valence-electron chi connectivity index (χ4n) is 4.46. The van der Waals surface area contributed by atoms with Gasteiger partial charge in [0.25, 0.3) is 5.91 Å². The number of aromatic nitrogens is 1. The van der Waals surface area contributed by atoms with E-state index in [-0.39, 0.29) is 5.91 Å². The predicted octanol–water partition coefficient (Wildman–Crippen LogP) is 6.41. The fraction of sp³-hybridized carbons (Fsp3) is 0.400. The summed E-state index contributed by atoms with van der Waals surface area (Å²) in [6.45, 7) is 5.08. The third-order valence-electron chi connectivity index (χ3n) is 6.35. The SMILES string of the molecule is Cc1c(C)n(Cc2ccc(Cl)cc2)c2ccc(C(=O)NC3CCCCCC3)cc12. The maximum absolute atomic E-state index is 12.9. The Kier molecular flexibility index (Phi) is 5.96. The van der Waals surface area contributed by atoms with Gasteiger partial charge in [-0.15, -0.1) is 0 Å². The number of hydrogen-bond donors (Lipinski definition) is 1. The van der Waals surface area contributed by atoms with Crippen molar-refractivity contribution in [3.8, 4) is 0 Å². The van der Waals surface area contributed by atoms with Gasteiger partial charge in [0.1, 0.15) is 0 Å². The molecule has 1 aliphatic rings. The van der Waals surface area contributed by atoms with Gasteiger partial charge >= 0.3 is 0 Å². The highest BCUT2D eigenvalue weighted by Gasteiger charge is 2.18. The lowest BCUT2D eigenvalue weighted by molar-refractivity contribution is 0.0933. The number of carbonyl (C=O) groups excluding carboxylic acids is 1. The minimum Gasteiger partial charge on any atom is -0.349 e. The minimum atomic E-state index is 0.0568. The zero-order valence-corrected chi connectivity index (χ0v) is 18.1. The van der Waals surface area contributed by atoms with E-state index in [9.17, 15) is 4.79 Å². The molecule has 1 fully saturated rings. The van der Waals surface area contributed by atoms with Gasteiger partial charge in [-0.1, -0.05) is 49.4 Å². The molecule has 4 rings (SSSR count). The van der Waals surface area contributed by atoms with Crippen molar-refractivity contribution in [2.24, 2.45) is 0 Å². The van der Waals surface area contributed by atoms with Crippen LogP contribution in [-0.2, 0) is 6.54 Å². The van der Waals surface area contributed by atoms with Gasteiger partial charge in [-0.3, -0.25) is 4.79 Å². The Bertz CT molecular complexity index is 1010. The van der Waals surface area contributed by atoms with Crippen LogP contribution in [-0.4, -0.2) is 16.5 Å². The largest absolute Gasteiger partial charge is 0.349 e. The third kappa shape index (κ3) is 4.35. The van der Waals surface area contributed by atoms with Crippen LogP contribution >= 0.6 is 11.6 Å². The lowest BCUT2D eigenvalue weighted by Crippen LogP contribution is -2.34. The number of carbonyl (C=O) groups is 1. The highest BCUT2D eigenvalue weighted by atomic mass is 35.5. The van der Waals surface area contributed by atoms with Crippen molar-refractivity contribution in [1.29, 1.82) is 0 Å². The van der Waals surface area contributed by atoms with Gasteiger partial charge in [0, 0.05) is 39.8 Å². The maximum atomic E-state index is 12.9. The van der Waals surface area contributed by atoms with Crippen molar-refractivity contribution in [3.63, 3.8) is 0 Å². The molecule has 1 N–H and O–H groups in total. The highest BCUT2D eigenvalue weighted by Crippen LogP contribution is 2.28. The summed E-state index contributed by atoms with van der Waals surface area (Å²) in [4.78, 5) is 12.9. The second kappa shape index (κ2) is 8.62. The molecule has 2 aromatic carbocycles.